The topological polar surface area (TPSA) is 88.3 Å². The Balaban J connectivity index is 1.65. The lowest BCUT2D eigenvalue weighted by Gasteiger charge is -2.10. The molecule has 1 aromatic heterocycles. The van der Waals surface area contributed by atoms with E-state index in [1.54, 1.807) is 10.3 Å². The summed E-state index contributed by atoms with van der Waals surface area (Å²) in [7, 11) is 0. The second-order valence-electron chi connectivity index (χ2n) is 5.35. The first-order valence-corrected chi connectivity index (χ1v) is 8.86. The van der Waals surface area contributed by atoms with Crippen LogP contribution in [0.25, 0.3) is 0 Å². The zero-order valence-corrected chi connectivity index (χ0v) is 14.8. The number of nitrogens with zero attached hydrogens (tertiary/aromatic N) is 2. The van der Waals surface area contributed by atoms with Gasteiger partial charge in [-0.25, -0.2) is 4.98 Å². The average Bonchev–Trinajstić information content (AvgIpc) is 3.13. The third kappa shape index (κ3) is 3.63. The normalized spacial score (nSPS) is 14.2. The molecule has 0 bridgehead atoms. The molecule has 1 saturated heterocycles. The summed E-state index contributed by atoms with van der Waals surface area (Å²) in [5.74, 6) is -0.178. The van der Waals surface area contributed by atoms with Crippen LogP contribution in [0.2, 0.25) is 10.0 Å². The molecule has 2 amide bonds. The predicted octanol–water partition coefficient (Wildman–Crippen LogP) is 3.34. The van der Waals surface area contributed by atoms with Crippen LogP contribution in [0.3, 0.4) is 0 Å². The van der Waals surface area contributed by atoms with Gasteiger partial charge in [0.25, 0.3) is 0 Å². The molecule has 0 unspecified atom stereocenters. The summed E-state index contributed by atoms with van der Waals surface area (Å²) in [6.45, 7) is 0.681. The van der Waals surface area contributed by atoms with Crippen LogP contribution in [-0.2, 0) is 16.0 Å². The molecule has 1 aliphatic heterocycles. The minimum Gasteiger partial charge on any atom is -0.396 e. The summed E-state index contributed by atoms with van der Waals surface area (Å²) >= 11 is 13.2. The maximum Gasteiger partial charge on any atom is 0.230 e. The fraction of sp³-hybridized carbons (Fsp3) is 0.267. The molecule has 1 aromatic carbocycles. The van der Waals surface area contributed by atoms with Gasteiger partial charge in [-0.15, -0.1) is 11.3 Å². The summed E-state index contributed by atoms with van der Waals surface area (Å²) in [5, 5.41) is 5.68. The fourth-order valence-corrected chi connectivity index (χ4v) is 3.73. The maximum atomic E-state index is 12.1. The van der Waals surface area contributed by atoms with Crippen molar-refractivity contribution in [2.45, 2.75) is 19.3 Å². The number of nitrogen functional groups attached to an aromatic ring is 1. The Morgan fingerprint density at radius 3 is 2.71 bits per heavy atom. The molecule has 3 N–H and O–H groups in total. The van der Waals surface area contributed by atoms with Crippen LogP contribution in [0.4, 0.5) is 16.5 Å². The molecule has 0 saturated carbocycles. The highest BCUT2D eigenvalue weighted by atomic mass is 35.5. The maximum absolute atomic E-state index is 12.1. The van der Waals surface area contributed by atoms with Crippen LogP contribution >= 0.6 is 34.5 Å². The van der Waals surface area contributed by atoms with Crippen molar-refractivity contribution in [3.8, 4) is 0 Å². The molecule has 0 spiro atoms. The molecule has 1 aliphatic rings. The highest BCUT2D eigenvalue weighted by Gasteiger charge is 2.24. The number of nitrogens with two attached hydrogens (primary N) is 1. The predicted molar refractivity (Wildman–Crippen MR) is 96.9 cm³/mol. The van der Waals surface area contributed by atoms with E-state index in [1.807, 2.05) is 0 Å². The summed E-state index contributed by atoms with van der Waals surface area (Å²) < 4.78 is 0. The molecule has 2 heterocycles. The molecule has 24 heavy (non-hydrogen) atoms. The van der Waals surface area contributed by atoms with Gasteiger partial charge in [-0.3, -0.25) is 14.5 Å². The minimum atomic E-state index is -0.253. The van der Waals surface area contributed by atoms with Crippen molar-refractivity contribution in [2.75, 3.05) is 22.5 Å². The van der Waals surface area contributed by atoms with Gasteiger partial charge < -0.3 is 11.1 Å². The van der Waals surface area contributed by atoms with E-state index in [0.29, 0.717) is 29.5 Å². The number of hydrogen-bond donors (Lipinski definition) is 2. The van der Waals surface area contributed by atoms with Crippen molar-refractivity contribution in [2.24, 2.45) is 0 Å². The number of thiazole rings is 1. The van der Waals surface area contributed by atoms with Crippen molar-refractivity contribution >= 4 is 62.9 Å². The molecule has 9 heteroatoms. The summed E-state index contributed by atoms with van der Waals surface area (Å²) in [4.78, 5) is 29.9. The minimum absolute atomic E-state index is 0.0755. The van der Waals surface area contributed by atoms with Crippen molar-refractivity contribution < 1.29 is 9.59 Å². The molecule has 1 fully saturated rings. The van der Waals surface area contributed by atoms with E-state index >= 15 is 0 Å². The Morgan fingerprint density at radius 1 is 1.38 bits per heavy atom. The molecule has 0 atom stereocenters. The Bertz CT molecular complexity index is 786. The van der Waals surface area contributed by atoms with Gasteiger partial charge in [0.05, 0.1) is 27.8 Å². The molecule has 2 aromatic rings. The number of aromatic nitrogens is 1. The van der Waals surface area contributed by atoms with Crippen molar-refractivity contribution in [1.29, 1.82) is 0 Å². The van der Waals surface area contributed by atoms with Gasteiger partial charge in [-0.1, -0.05) is 23.2 Å². The van der Waals surface area contributed by atoms with Crippen molar-refractivity contribution in [3.63, 3.8) is 0 Å². The lowest BCUT2D eigenvalue weighted by Crippen LogP contribution is -2.23. The van der Waals surface area contributed by atoms with Gasteiger partial charge in [0.2, 0.25) is 11.8 Å². The summed E-state index contributed by atoms with van der Waals surface area (Å²) in [6, 6.07) is 3.08. The van der Waals surface area contributed by atoms with Gasteiger partial charge >= 0.3 is 0 Å². The number of carbonyl (C=O) groups is 2. The van der Waals surface area contributed by atoms with Gasteiger partial charge in [-0.05, 0) is 18.6 Å². The summed E-state index contributed by atoms with van der Waals surface area (Å²) in [5.41, 5.74) is 7.01. The molecule has 0 aliphatic carbocycles. The number of rotatable bonds is 4. The van der Waals surface area contributed by atoms with Gasteiger partial charge in [0.1, 0.15) is 0 Å². The lowest BCUT2D eigenvalue weighted by molar-refractivity contribution is -0.117. The van der Waals surface area contributed by atoms with Crippen LogP contribution in [-0.4, -0.2) is 23.3 Å². The van der Waals surface area contributed by atoms with E-state index in [2.05, 4.69) is 10.3 Å². The molecule has 3 rings (SSSR count). The SMILES string of the molecule is Nc1c(Cl)cc(NC(=O)Cc2csc(N3CCCC3=O)n2)cc1Cl. The van der Waals surface area contributed by atoms with E-state index in [0.717, 1.165) is 6.42 Å². The van der Waals surface area contributed by atoms with Crippen LogP contribution in [0.5, 0.6) is 0 Å². The van der Waals surface area contributed by atoms with E-state index in [1.165, 1.54) is 23.5 Å². The van der Waals surface area contributed by atoms with Crippen LogP contribution in [0, 0.1) is 0 Å². The molecular formula is C15H14Cl2N4O2S. The Kier molecular flexibility index (Phi) is 4.93. The smallest absolute Gasteiger partial charge is 0.230 e. The van der Waals surface area contributed by atoms with Gasteiger partial charge in [0, 0.05) is 24.0 Å². The number of nitrogens with one attached hydrogen (secondary N) is 1. The number of halogens is 2. The number of anilines is 3. The molecular weight excluding hydrogens is 371 g/mol. The van der Waals surface area contributed by atoms with Crippen LogP contribution < -0.4 is 16.0 Å². The zero-order chi connectivity index (χ0) is 17.3. The van der Waals surface area contributed by atoms with Crippen LogP contribution in [0.15, 0.2) is 17.5 Å². The van der Waals surface area contributed by atoms with E-state index in [-0.39, 0.29) is 34.0 Å². The largest absolute Gasteiger partial charge is 0.396 e. The Labute approximate surface area is 152 Å². The zero-order valence-electron chi connectivity index (χ0n) is 12.5. The van der Waals surface area contributed by atoms with Gasteiger partial charge in [0.15, 0.2) is 5.13 Å². The average molecular weight is 385 g/mol. The first-order chi connectivity index (χ1) is 11.4. The third-order valence-corrected chi connectivity index (χ3v) is 5.09. The van der Waals surface area contributed by atoms with E-state index < -0.39 is 0 Å². The first kappa shape index (κ1) is 17.0. The monoisotopic (exact) mass is 384 g/mol. The molecule has 126 valence electrons. The number of amides is 2. The first-order valence-electron chi connectivity index (χ1n) is 7.23. The van der Waals surface area contributed by atoms with Crippen molar-refractivity contribution in [3.05, 3.63) is 33.3 Å². The second kappa shape index (κ2) is 6.96. The number of hydrogen-bond acceptors (Lipinski definition) is 5. The quantitative estimate of drug-likeness (QED) is 0.791. The Morgan fingerprint density at radius 2 is 2.08 bits per heavy atom. The van der Waals surface area contributed by atoms with Gasteiger partial charge in [-0.2, -0.15) is 0 Å². The summed E-state index contributed by atoms with van der Waals surface area (Å²) in [6.07, 6.45) is 1.49. The standard InChI is InChI=1S/C15H14Cl2N4O2S/c16-10-4-8(5-11(17)14(10)18)19-12(22)6-9-7-24-15(20-9)21-3-1-2-13(21)23/h4-5,7H,1-3,6,18H2,(H,19,22). The Hall–Kier alpha value is -1.83. The number of carbonyl (C=O) groups excluding carboxylic acids is 2. The third-order valence-electron chi connectivity index (χ3n) is 3.55. The second-order valence-corrected chi connectivity index (χ2v) is 7.00. The molecule has 6 nitrogen and oxygen atoms in total. The fourth-order valence-electron chi connectivity index (χ4n) is 2.38. The van der Waals surface area contributed by atoms with Crippen LogP contribution in [0.1, 0.15) is 18.5 Å². The highest BCUT2D eigenvalue weighted by molar-refractivity contribution is 7.14. The van der Waals surface area contributed by atoms with E-state index in [4.69, 9.17) is 28.9 Å². The molecule has 0 radical (unpaired) electrons. The lowest BCUT2D eigenvalue weighted by atomic mass is 10.2. The highest BCUT2D eigenvalue weighted by Crippen LogP contribution is 2.31. The van der Waals surface area contributed by atoms with Crippen molar-refractivity contribution in [1.82, 2.24) is 4.98 Å². The van der Waals surface area contributed by atoms with E-state index in [9.17, 15) is 9.59 Å². The number of benzene rings is 1.